The van der Waals surface area contributed by atoms with Gasteiger partial charge in [-0.3, -0.25) is 4.79 Å². The minimum Gasteiger partial charge on any atom is -0.507 e. The molecule has 0 radical (unpaired) electrons. The molecule has 2 nitrogen and oxygen atoms in total. The molecule has 0 unspecified atom stereocenters. The third-order valence-corrected chi connectivity index (χ3v) is 5.89. The van der Waals surface area contributed by atoms with Gasteiger partial charge in [-0.25, -0.2) is 0 Å². The molecule has 0 bridgehead atoms. The molecule has 0 heterocycles. The summed E-state index contributed by atoms with van der Waals surface area (Å²) in [6.45, 7) is 2.19. The summed E-state index contributed by atoms with van der Waals surface area (Å²) >= 11 is 0. The molecule has 2 heteroatoms. The molecule has 0 aromatic heterocycles. The number of hydrogen-bond acceptors (Lipinski definition) is 2. The predicted octanol–water partition coefficient (Wildman–Crippen LogP) is 7.91. The van der Waals surface area contributed by atoms with E-state index in [4.69, 9.17) is 0 Å². The van der Waals surface area contributed by atoms with Gasteiger partial charge >= 0.3 is 0 Å². The summed E-state index contributed by atoms with van der Waals surface area (Å²) in [5.74, 6) is 0.125. The van der Waals surface area contributed by atoms with E-state index in [0.29, 0.717) is 12.0 Å². The van der Waals surface area contributed by atoms with Crippen molar-refractivity contribution in [3.63, 3.8) is 0 Å². The number of phenols is 1. The zero-order valence-electron chi connectivity index (χ0n) is 17.5. The molecule has 0 aliphatic carbocycles. The van der Waals surface area contributed by atoms with Crippen LogP contribution in [0.15, 0.2) is 72.8 Å². The summed E-state index contributed by atoms with van der Waals surface area (Å²) in [6, 6.07) is 24.1. The normalized spacial score (nSPS) is 11.2. The zero-order valence-corrected chi connectivity index (χ0v) is 17.5. The van der Waals surface area contributed by atoms with Crippen LogP contribution in [0, 0.1) is 0 Å². The molecule has 0 atom stereocenters. The number of carbonyl (C=O) groups is 1. The van der Waals surface area contributed by atoms with E-state index in [-0.39, 0.29) is 11.5 Å². The molecular weight excluding hydrogens is 368 g/mol. The van der Waals surface area contributed by atoms with Crippen molar-refractivity contribution in [2.75, 3.05) is 0 Å². The lowest BCUT2D eigenvalue weighted by atomic mass is 9.89. The molecule has 152 valence electrons. The number of aromatic hydroxyl groups is 1. The van der Waals surface area contributed by atoms with Crippen LogP contribution in [0.3, 0.4) is 0 Å². The van der Waals surface area contributed by atoms with Crippen molar-refractivity contribution in [1.82, 2.24) is 0 Å². The highest BCUT2D eigenvalue weighted by Crippen LogP contribution is 2.42. The van der Waals surface area contributed by atoms with E-state index < -0.39 is 0 Å². The quantitative estimate of drug-likeness (QED) is 0.243. The number of hydrogen-bond donors (Lipinski definition) is 1. The molecule has 0 saturated carbocycles. The molecular formula is C28H28O2. The molecule has 30 heavy (non-hydrogen) atoms. The number of phenolic OH excluding ortho intramolecular Hbond substituents is 1. The van der Waals surface area contributed by atoms with Crippen LogP contribution < -0.4 is 0 Å². The van der Waals surface area contributed by atoms with Crippen LogP contribution in [-0.2, 0) is 0 Å². The van der Waals surface area contributed by atoms with E-state index in [1.807, 2.05) is 54.6 Å². The first kappa shape index (κ1) is 20.2. The van der Waals surface area contributed by atoms with Crippen molar-refractivity contribution in [2.45, 2.75) is 45.4 Å². The van der Waals surface area contributed by atoms with Gasteiger partial charge in [-0.05, 0) is 39.6 Å². The van der Waals surface area contributed by atoms with Gasteiger partial charge in [-0.1, -0.05) is 99.3 Å². The maximum absolute atomic E-state index is 13.0. The van der Waals surface area contributed by atoms with Crippen molar-refractivity contribution in [2.24, 2.45) is 0 Å². The van der Waals surface area contributed by atoms with Crippen LogP contribution in [0.25, 0.3) is 32.7 Å². The first-order valence-corrected chi connectivity index (χ1v) is 11.0. The van der Waals surface area contributed by atoms with Crippen LogP contribution in [0.5, 0.6) is 5.75 Å². The van der Waals surface area contributed by atoms with Gasteiger partial charge in [0.1, 0.15) is 5.75 Å². The predicted molar refractivity (Wildman–Crippen MR) is 126 cm³/mol. The zero-order chi connectivity index (χ0) is 20.9. The Bertz CT molecular complexity index is 1180. The summed E-state index contributed by atoms with van der Waals surface area (Å²) in [6.07, 6.45) is 5.96. The Morgan fingerprint density at radius 3 is 2.23 bits per heavy atom. The van der Waals surface area contributed by atoms with E-state index in [2.05, 4.69) is 25.1 Å². The highest BCUT2D eigenvalue weighted by atomic mass is 16.3. The number of unbranched alkanes of at least 4 members (excludes halogenated alkanes) is 4. The van der Waals surface area contributed by atoms with Gasteiger partial charge in [0, 0.05) is 12.0 Å². The number of fused-ring (bicyclic) bond motifs is 2. The third kappa shape index (κ3) is 3.95. The highest BCUT2D eigenvalue weighted by molar-refractivity contribution is 6.13. The summed E-state index contributed by atoms with van der Waals surface area (Å²) < 4.78 is 0. The first-order chi connectivity index (χ1) is 14.7. The van der Waals surface area contributed by atoms with E-state index in [0.717, 1.165) is 51.9 Å². The lowest BCUT2D eigenvalue weighted by Crippen LogP contribution is -2.01. The molecule has 4 aromatic carbocycles. The molecule has 0 saturated heterocycles. The van der Waals surface area contributed by atoms with Crippen LogP contribution in [-0.4, -0.2) is 10.9 Å². The summed E-state index contributed by atoms with van der Waals surface area (Å²) in [7, 11) is 0. The molecule has 0 amide bonds. The van der Waals surface area contributed by atoms with Crippen molar-refractivity contribution < 1.29 is 9.90 Å². The second kappa shape index (κ2) is 9.13. The molecule has 4 rings (SSSR count). The minimum atomic E-state index is 0.0243. The van der Waals surface area contributed by atoms with Crippen LogP contribution in [0.4, 0.5) is 0 Å². The summed E-state index contributed by atoms with van der Waals surface area (Å²) in [5.41, 5.74) is 2.14. The lowest BCUT2D eigenvalue weighted by Gasteiger charge is -2.15. The Kier molecular flexibility index (Phi) is 6.13. The average Bonchev–Trinajstić information content (AvgIpc) is 2.78. The number of rotatable bonds is 8. The Morgan fingerprint density at radius 1 is 0.767 bits per heavy atom. The van der Waals surface area contributed by atoms with Gasteiger partial charge in [0.05, 0.1) is 5.56 Å². The van der Waals surface area contributed by atoms with Gasteiger partial charge < -0.3 is 5.11 Å². The van der Waals surface area contributed by atoms with E-state index in [9.17, 15) is 9.90 Å². The summed E-state index contributed by atoms with van der Waals surface area (Å²) in [4.78, 5) is 13.0. The van der Waals surface area contributed by atoms with Gasteiger partial charge in [0.15, 0.2) is 5.78 Å². The second-order valence-corrected chi connectivity index (χ2v) is 7.98. The number of benzene rings is 4. The Hall–Kier alpha value is -3.13. The van der Waals surface area contributed by atoms with Crippen molar-refractivity contribution >= 4 is 27.3 Å². The second-order valence-electron chi connectivity index (χ2n) is 7.98. The fourth-order valence-electron chi connectivity index (χ4n) is 4.29. The third-order valence-electron chi connectivity index (χ3n) is 5.89. The minimum absolute atomic E-state index is 0.0243. The molecule has 0 spiro atoms. The van der Waals surface area contributed by atoms with Crippen LogP contribution in [0.2, 0.25) is 0 Å². The smallest absolute Gasteiger partial charge is 0.166 e. The summed E-state index contributed by atoms with van der Waals surface area (Å²) in [5, 5.41) is 15.4. The van der Waals surface area contributed by atoms with E-state index in [1.54, 1.807) is 0 Å². The van der Waals surface area contributed by atoms with Gasteiger partial charge in [-0.15, -0.1) is 0 Å². The fourth-order valence-corrected chi connectivity index (χ4v) is 4.29. The topological polar surface area (TPSA) is 37.3 Å². The first-order valence-electron chi connectivity index (χ1n) is 11.0. The standard InChI is InChI=1S/C28H28O2/c1-2-3-4-5-6-18-26(29)25-19-21-13-8-10-16-23(21)27(28(25)30)24-17-11-14-20-12-7-9-15-22(20)24/h7-17,19,30H,2-6,18H2,1H3. The fraction of sp³-hybridized carbons (Fsp3) is 0.250. The lowest BCUT2D eigenvalue weighted by molar-refractivity contribution is 0.0976. The molecule has 0 fully saturated rings. The average molecular weight is 397 g/mol. The van der Waals surface area contributed by atoms with Crippen molar-refractivity contribution in [3.8, 4) is 16.9 Å². The molecule has 1 N–H and O–H groups in total. The number of Topliss-reactive ketones (excluding diaryl/α,β-unsaturated/α-hetero) is 1. The number of carbonyl (C=O) groups excluding carboxylic acids is 1. The molecule has 0 aliphatic heterocycles. The Morgan fingerprint density at radius 2 is 1.43 bits per heavy atom. The maximum atomic E-state index is 13.0. The van der Waals surface area contributed by atoms with E-state index >= 15 is 0 Å². The largest absolute Gasteiger partial charge is 0.507 e. The Labute approximate surface area is 178 Å². The molecule has 0 aliphatic rings. The maximum Gasteiger partial charge on any atom is 0.166 e. The van der Waals surface area contributed by atoms with Crippen molar-refractivity contribution in [3.05, 3.63) is 78.4 Å². The van der Waals surface area contributed by atoms with Gasteiger partial charge in [-0.2, -0.15) is 0 Å². The van der Waals surface area contributed by atoms with E-state index in [1.165, 1.54) is 12.8 Å². The van der Waals surface area contributed by atoms with Gasteiger partial charge in [0.25, 0.3) is 0 Å². The van der Waals surface area contributed by atoms with Crippen LogP contribution >= 0.6 is 0 Å². The van der Waals surface area contributed by atoms with Crippen molar-refractivity contribution in [1.29, 1.82) is 0 Å². The Balaban J connectivity index is 1.81. The SMILES string of the molecule is CCCCCCCC(=O)c1cc2ccccc2c(-c2cccc3ccccc23)c1O. The van der Waals surface area contributed by atoms with Crippen LogP contribution in [0.1, 0.15) is 55.8 Å². The molecule has 4 aromatic rings. The van der Waals surface area contributed by atoms with Gasteiger partial charge in [0.2, 0.25) is 0 Å². The highest BCUT2D eigenvalue weighted by Gasteiger charge is 2.20. The monoisotopic (exact) mass is 396 g/mol. The number of ketones is 1.